The van der Waals surface area contributed by atoms with E-state index in [1.807, 2.05) is 0 Å². The smallest absolute Gasteiger partial charge is 0.326 e. The quantitative estimate of drug-likeness (QED) is 0.0327. The molecule has 7 nitrogen and oxygen atoms in total. The van der Waals surface area contributed by atoms with E-state index in [4.69, 9.17) is 10.5 Å². The number of ether oxygens (including phenoxy) is 1. The van der Waals surface area contributed by atoms with Gasteiger partial charge in [-0.15, -0.1) is 0 Å². The van der Waals surface area contributed by atoms with Gasteiger partial charge in [-0.2, -0.15) is 0 Å². The molecular formula is C45H86N2O5. The van der Waals surface area contributed by atoms with E-state index in [1.165, 1.54) is 135 Å². The van der Waals surface area contributed by atoms with Crippen molar-refractivity contribution in [2.24, 2.45) is 5.73 Å². The summed E-state index contributed by atoms with van der Waals surface area (Å²) in [5.74, 6) is -1.22. The fourth-order valence-corrected chi connectivity index (χ4v) is 6.92. The molecule has 2 atom stereocenters. The summed E-state index contributed by atoms with van der Waals surface area (Å²) in [5, 5.41) is 11.9. The highest BCUT2D eigenvalue weighted by molar-refractivity contribution is 5.83. The zero-order valence-corrected chi connectivity index (χ0v) is 34.4. The highest BCUT2D eigenvalue weighted by Gasteiger charge is 2.19. The minimum absolute atomic E-state index is 0.0196. The second kappa shape index (κ2) is 40.3. The van der Waals surface area contributed by atoms with Crippen molar-refractivity contribution in [3.05, 3.63) is 12.2 Å². The zero-order valence-electron chi connectivity index (χ0n) is 34.4. The maximum absolute atomic E-state index is 12.7. The van der Waals surface area contributed by atoms with Gasteiger partial charge in [-0.1, -0.05) is 161 Å². The van der Waals surface area contributed by atoms with Crippen molar-refractivity contribution in [2.75, 3.05) is 6.54 Å². The third-order valence-corrected chi connectivity index (χ3v) is 10.3. The Morgan fingerprint density at radius 1 is 0.538 bits per heavy atom. The van der Waals surface area contributed by atoms with Crippen molar-refractivity contribution in [3.63, 3.8) is 0 Å². The largest absolute Gasteiger partial charge is 0.480 e. The predicted octanol–water partition coefficient (Wildman–Crippen LogP) is 12.7. The lowest BCUT2D eigenvalue weighted by atomic mass is 10.0. The first kappa shape index (κ1) is 50.1. The summed E-state index contributed by atoms with van der Waals surface area (Å²) >= 11 is 0. The summed E-state index contributed by atoms with van der Waals surface area (Å²) in [5.41, 5.74) is 5.48. The van der Waals surface area contributed by atoms with Crippen molar-refractivity contribution in [2.45, 2.75) is 251 Å². The van der Waals surface area contributed by atoms with Crippen LogP contribution >= 0.6 is 0 Å². The molecule has 0 radical (unpaired) electrons. The second-order valence-electron chi connectivity index (χ2n) is 15.5. The Bertz CT molecular complexity index is 833. The molecule has 0 aromatic heterocycles. The third-order valence-electron chi connectivity index (χ3n) is 10.3. The number of amides is 1. The summed E-state index contributed by atoms with van der Waals surface area (Å²) in [6, 6.07) is -0.853. The van der Waals surface area contributed by atoms with Crippen molar-refractivity contribution in [1.82, 2.24) is 5.32 Å². The molecule has 52 heavy (non-hydrogen) atoms. The fourth-order valence-electron chi connectivity index (χ4n) is 6.92. The van der Waals surface area contributed by atoms with Gasteiger partial charge in [0.05, 0.1) is 0 Å². The summed E-state index contributed by atoms with van der Waals surface area (Å²) < 4.78 is 6.02. The summed E-state index contributed by atoms with van der Waals surface area (Å²) in [6.45, 7) is 4.94. The van der Waals surface area contributed by atoms with Crippen LogP contribution in [0.3, 0.4) is 0 Å². The van der Waals surface area contributed by atoms with Crippen LogP contribution in [-0.2, 0) is 19.1 Å². The van der Waals surface area contributed by atoms with Gasteiger partial charge in [0.2, 0.25) is 5.91 Å². The topological polar surface area (TPSA) is 119 Å². The fraction of sp³-hybridized carbons (Fsp3) is 0.889. The number of esters is 1. The van der Waals surface area contributed by atoms with Gasteiger partial charge >= 0.3 is 11.9 Å². The number of carbonyl (C=O) groups excluding carboxylic acids is 2. The molecule has 4 N–H and O–H groups in total. The number of hydrogen-bond donors (Lipinski definition) is 3. The Labute approximate surface area is 321 Å². The molecule has 1 amide bonds. The third kappa shape index (κ3) is 36.5. The average molecular weight is 735 g/mol. The van der Waals surface area contributed by atoms with E-state index in [-0.39, 0.29) is 18.0 Å². The Morgan fingerprint density at radius 3 is 1.38 bits per heavy atom. The number of nitrogens with two attached hydrogens (primary N) is 1. The standard InChI is InChI=1S/C45H86N2O5/c1-3-5-7-9-11-12-13-14-15-16-17-18-19-20-21-22-24-29-33-39-44(49)52-41(35-30-26-23-10-8-6-4-2)36-31-27-25-28-32-38-43(48)47-42(45(50)51)37-34-40-46/h14-15,41-42H,3-13,16-40,46H2,1-2H3,(H,47,48)(H,50,51)/b15-14-. The number of nitrogens with one attached hydrogen (secondary N) is 1. The molecule has 0 saturated heterocycles. The van der Waals surface area contributed by atoms with E-state index in [9.17, 15) is 19.5 Å². The zero-order chi connectivity index (χ0) is 38.2. The second-order valence-corrected chi connectivity index (χ2v) is 15.5. The van der Waals surface area contributed by atoms with Crippen LogP contribution in [0, 0.1) is 0 Å². The normalized spacial score (nSPS) is 12.7. The molecule has 0 aliphatic heterocycles. The average Bonchev–Trinajstić information content (AvgIpc) is 3.13. The van der Waals surface area contributed by atoms with Crippen molar-refractivity contribution in [1.29, 1.82) is 0 Å². The Morgan fingerprint density at radius 2 is 0.942 bits per heavy atom. The van der Waals surface area contributed by atoms with Crippen molar-refractivity contribution < 1.29 is 24.2 Å². The SMILES string of the molecule is CCCCCCCC/C=C\CCCCCCCCCCCC(=O)OC(CCCCCCCCC)CCCCCCCC(=O)NC(CCCN)C(=O)O. The van der Waals surface area contributed by atoms with Crippen LogP contribution in [-0.4, -0.2) is 41.6 Å². The molecule has 0 spiro atoms. The van der Waals surface area contributed by atoms with Gasteiger partial charge in [0, 0.05) is 12.8 Å². The predicted molar refractivity (Wildman–Crippen MR) is 221 cm³/mol. The molecule has 0 bridgehead atoms. The molecule has 0 heterocycles. The molecule has 0 fully saturated rings. The van der Waals surface area contributed by atoms with Crippen LogP contribution in [0.4, 0.5) is 0 Å². The minimum atomic E-state index is -1.00. The number of carboxylic acids is 1. The molecule has 0 aromatic carbocycles. The lowest BCUT2D eigenvalue weighted by molar-refractivity contribution is -0.150. The highest BCUT2D eigenvalue weighted by atomic mass is 16.5. The van der Waals surface area contributed by atoms with Crippen molar-refractivity contribution >= 4 is 17.8 Å². The molecule has 0 aliphatic rings. The van der Waals surface area contributed by atoms with Gasteiger partial charge in [0.1, 0.15) is 12.1 Å². The monoisotopic (exact) mass is 735 g/mol. The van der Waals surface area contributed by atoms with E-state index in [0.29, 0.717) is 32.2 Å². The van der Waals surface area contributed by atoms with Gasteiger partial charge in [-0.3, -0.25) is 9.59 Å². The molecule has 2 unspecified atom stereocenters. The maximum atomic E-state index is 12.7. The number of hydrogen-bond acceptors (Lipinski definition) is 5. The molecule has 0 aliphatic carbocycles. The van der Waals surface area contributed by atoms with E-state index in [2.05, 4.69) is 31.3 Å². The Balaban J connectivity index is 4.08. The van der Waals surface area contributed by atoms with E-state index >= 15 is 0 Å². The molecule has 0 saturated carbocycles. The molecular weight excluding hydrogens is 649 g/mol. The number of aliphatic carboxylic acids is 1. The van der Waals surface area contributed by atoms with Crippen LogP contribution in [0.25, 0.3) is 0 Å². The molecule has 0 rings (SSSR count). The summed E-state index contributed by atoms with van der Waals surface area (Å²) in [4.78, 5) is 36.3. The number of allylic oxidation sites excluding steroid dienone is 2. The number of unbranched alkanes of at least 4 members (excludes halogenated alkanes) is 25. The van der Waals surface area contributed by atoms with Gasteiger partial charge in [-0.05, 0) is 83.6 Å². The highest BCUT2D eigenvalue weighted by Crippen LogP contribution is 2.19. The van der Waals surface area contributed by atoms with Gasteiger partial charge in [0.15, 0.2) is 0 Å². The number of carbonyl (C=O) groups is 3. The lowest BCUT2D eigenvalue weighted by Crippen LogP contribution is -2.40. The summed E-state index contributed by atoms with van der Waals surface area (Å²) in [7, 11) is 0. The minimum Gasteiger partial charge on any atom is -0.480 e. The van der Waals surface area contributed by atoms with Crippen LogP contribution < -0.4 is 11.1 Å². The van der Waals surface area contributed by atoms with Crippen LogP contribution in [0.15, 0.2) is 12.2 Å². The van der Waals surface area contributed by atoms with Crippen LogP contribution in [0.2, 0.25) is 0 Å². The lowest BCUT2D eigenvalue weighted by Gasteiger charge is -2.18. The maximum Gasteiger partial charge on any atom is 0.326 e. The number of carboxylic acid groups (broad SMARTS) is 1. The summed E-state index contributed by atoms with van der Waals surface area (Å²) in [6.07, 6.45) is 44.1. The van der Waals surface area contributed by atoms with Crippen LogP contribution in [0.5, 0.6) is 0 Å². The van der Waals surface area contributed by atoms with E-state index in [0.717, 1.165) is 64.2 Å². The first-order valence-corrected chi connectivity index (χ1v) is 22.5. The first-order valence-electron chi connectivity index (χ1n) is 22.5. The Kier molecular flexibility index (Phi) is 38.8. The van der Waals surface area contributed by atoms with Crippen LogP contribution in [0.1, 0.15) is 239 Å². The van der Waals surface area contributed by atoms with E-state index in [1.54, 1.807) is 0 Å². The van der Waals surface area contributed by atoms with Crippen molar-refractivity contribution in [3.8, 4) is 0 Å². The first-order chi connectivity index (χ1) is 25.4. The van der Waals surface area contributed by atoms with Gasteiger partial charge in [0.25, 0.3) is 0 Å². The molecule has 306 valence electrons. The molecule has 0 aromatic rings. The molecule has 7 heteroatoms. The number of rotatable bonds is 41. The Hall–Kier alpha value is -1.89. The van der Waals surface area contributed by atoms with Gasteiger partial charge < -0.3 is 20.9 Å². The van der Waals surface area contributed by atoms with Gasteiger partial charge in [-0.25, -0.2) is 4.79 Å². The van der Waals surface area contributed by atoms with E-state index < -0.39 is 12.0 Å².